The standard InChI is InChI=1S/C14H14ClN3/c15-12-2-4-14(17-8-12)18-6-5-10-1-3-13(16)7-11(10)9-18/h1-4,7-8H,5-6,9,16H2. The van der Waals surface area contributed by atoms with Gasteiger partial charge in [0.1, 0.15) is 5.82 Å². The predicted octanol–water partition coefficient (Wildman–Crippen LogP) is 2.88. The molecule has 0 radical (unpaired) electrons. The number of pyridine rings is 1. The zero-order valence-corrected chi connectivity index (χ0v) is 10.7. The second kappa shape index (κ2) is 4.50. The van der Waals surface area contributed by atoms with Crippen LogP contribution in [-0.2, 0) is 13.0 Å². The first kappa shape index (κ1) is 11.4. The predicted molar refractivity (Wildman–Crippen MR) is 74.9 cm³/mol. The lowest BCUT2D eigenvalue weighted by Gasteiger charge is -2.30. The Labute approximate surface area is 111 Å². The van der Waals surface area contributed by atoms with Gasteiger partial charge in [-0.25, -0.2) is 4.98 Å². The Morgan fingerprint density at radius 1 is 1.17 bits per heavy atom. The molecule has 2 heterocycles. The number of hydrogen-bond donors (Lipinski definition) is 1. The van der Waals surface area contributed by atoms with E-state index in [1.807, 2.05) is 18.2 Å². The van der Waals surface area contributed by atoms with Crippen molar-refractivity contribution in [1.82, 2.24) is 4.98 Å². The number of fused-ring (bicyclic) bond motifs is 1. The van der Waals surface area contributed by atoms with E-state index in [2.05, 4.69) is 22.0 Å². The van der Waals surface area contributed by atoms with E-state index in [0.29, 0.717) is 5.02 Å². The van der Waals surface area contributed by atoms with Crippen LogP contribution in [0, 0.1) is 0 Å². The summed E-state index contributed by atoms with van der Waals surface area (Å²) in [6.45, 7) is 1.83. The van der Waals surface area contributed by atoms with E-state index in [1.165, 1.54) is 11.1 Å². The fourth-order valence-electron chi connectivity index (χ4n) is 2.33. The number of halogens is 1. The normalized spacial score (nSPS) is 14.4. The van der Waals surface area contributed by atoms with Gasteiger partial charge >= 0.3 is 0 Å². The number of rotatable bonds is 1. The van der Waals surface area contributed by atoms with Crippen LogP contribution < -0.4 is 10.6 Å². The van der Waals surface area contributed by atoms with Crippen molar-refractivity contribution in [3.63, 3.8) is 0 Å². The molecule has 3 nitrogen and oxygen atoms in total. The van der Waals surface area contributed by atoms with E-state index in [-0.39, 0.29) is 0 Å². The molecule has 4 heteroatoms. The summed E-state index contributed by atoms with van der Waals surface area (Å²) < 4.78 is 0. The molecule has 0 saturated heterocycles. The van der Waals surface area contributed by atoms with Crippen LogP contribution in [0.4, 0.5) is 11.5 Å². The molecule has 0 unspecified atom stereocenters. The molecule has 0 saturated carbocycles. The van der Waals surface area contributed by atoms with E-state index in [1.54, 1.807) is 6.20 Å². The summed E-state index contributed by atoms with van der Waals surface area (Å²) >= 11 is 5.85. The van der Waals surface area contributed by atoms with Crippen LogP contribution in [0.5, 0.6) is 0 Å². The second-order valence-electron chi connectivity index (χ2n) is 4.53. The maximum atomic E-state index is 5.85. The topological polar surface area (TPSA) is 42.1 Å². The number of nitrogen functional groups attached to an aromatic ring is 1. The number of anilines is 2. The molecule has 0 atom stereocenters. The summed E-state index contributed by atoms with van der Waals surface area (Å²) in [5, 5.41) is 0.667. The maximum Gasteiger partial charge on any atom is 0.128 e. The monoisotopic (exact) mass is 259 g/mol. The van der Waals surface area contributed by atoms with Gasteiger partial charge in [-0.2, -0.15) is 0 Å². The van der Waals surface area contributed by atoms with Crippen LogP contribution >= 0.6 is 11.6 Å². The van der Waals surface area contributed by atoms with Crippen molar-refractivity contribution in [2.45, 2.75) is 13.0 Å². The van der Waals surface area contributed by atoms with Gasteiger partial charge in [0.15, 0.2) is 0 Å². The van der Waals surface area contributed by atoms with Gasteiger partial charge in [0, 0.05) is 25.0 Å². The van der Waals surface area contributed by atoms with Crippen molar-refractivity contribution >= 4 is 23.1 Å². The molecule has 1 aliphatic heterocycles. The lowest BCUT2D eigenvalue weighted by atomic mass is 9.99. The Morgan fingerprint density at radius 3 is 2.83 bits per heavy atom. The Morgan fingerprint density at radius 2 is 2.06 bits per heavy atom. The Balaban J connectivity index is 1.88. The lowest BCUT2D eigenvalue weighted by Crippen LogP contribution is -2.30. The molecule has 2 N–H and O–H groups in total. The van der Waals surface area contributed by atoms with Gasteiger partial charge < -0.3 is 10.6 Å². The van der Waals surface area contributed by atoms with Crippen LogP contribution in [-0.4, -0.2) is 11.5 Å². The van der Waals surface area contributed by atoms with Gasteiger partial charge in [0.2, 0.25) is 0 Å². The summed E-state index contributed by atoms with van der Waals surface area (Å²) in [5.74, 6) is 0.965. The summed E-state index contributed by atoms with van der Waals surface area (Å²) in [5.41, 5.74) is 9.33. The summed E-state index contributed by atoms with van der Waals surface area (Å²) in [6, 6.07) is 9.97. The second-order valence-corrected chi connectivity index (χ2v) is 4.97. The first-order valence-electron chi connectivity index (χ1n) is 5.96. The van der Waals surface area contributed by atoms with Crippen LogP contribution in [0.1, 0.15) is 11.1 Å². The maximum absolute atomic E-state index is 5.85. The van der Waals surface area contributed by atoms with E-state index in [9.17, 15) is 0 Å². The molecule has 18 heavy (non-hydrogen) atoms. The van der Waals surface area contributed by atoms with E-state index >= 15 is 0 Å². The van der Waals surface area contributed by atoms with Crippen molar-refractivity contribution in [3.8, 4) is 0 Å². The summed E-state index contributed by atoms with van der Waals surface area (Å²) in [4.78, 5) is 6.61. The molecule has 0 aliphatic carbocycles. The third-order valence-electron chi connectivity index (χ3n) is 3.28. The molecule has 3 rings (SSSR count). The fraction of sp³-hybridized carbons (Fsp3) is 0.214. The molecule has 1 aromatic heterocycles. The minimum Gasteiger partial charge on any atom is -0.399 e. The van der Waals surface area contributed by atoms with Crippen molar-refractivity contribution in [2.24, 2.45) is 0 Å². The Hall–Kier alpha value is -1.74. The zero-order valence-electron chi connectivity index (χ0n) is 9.94. The molecular formula is C14H14ClN3. The van der Waals surface area contributed by atoms with Gasteiger partial charge in [-0.1, -0.05) is 17.7 Å². The molecule has 1 aliphatic rings. The van der Waals surface area contributed by atoms with Gasteiger partial charge in [0.25, 0.3) is 0 Å². The minimum atomic E-state index is 0.667. The molecular weight excluding hydrogens is 246 g/mol. The van der Waals surface area contributed by atoms with E-state index in [4.69, 9.17) is 17.3 Å². The third kappa shape index (κ3) is 2.14. The molecule has 92 valence electrons. The largest absolute Gasteiger partial charge is 0.399 e. The van der Waals surface area contributed by atoms with Crippen LogP contribution in [0.3, 0.4) is 0 Å². The minimum absolute atomic E-state index is 0.667. The average Bonchev–Trinajstić information content (AvgIpc) is 2.38. The number of aromatic nitrogens is 1. The first-order chi connectivity index (χ1) is 8.72. The number of nitrogens with zero attached hydrogens (tertiary/aromatic N) is 2. The van der Waals surface area contributed by atoms with Gasteiger partial charge in [-0.15, -0.1) is 0 Å². The highest BCUT2D eigenvalue weighted by atomic mass is 35.5. The van der Waals surface area contributed by atoms with E-state index < -0.39 is 0 Å². The highest BCUT2D eigenvalue weighted by Crippen LogP contribution is 2.25. The zero-order chi connectivity index (χ0) is 12.5. The quantitative estimate of drug-likeness (QED) is 0.801. The highest BCUT2D eigenvalue weighted by Gasteiger charge is 2.17. The SMILES string of the molecule is Nc1ccc2c(c1)CN(c1ccc(Cl)cn1)CC2. The molecule has 1 aromatic carbocycles. The molecule has 0 amide bonds. The van der Waals surface area contributed by atoms with Gasteiger partial charge in [0.05, 0.1) is 5.02 Å². The number of benzene rings is 1. The van der Waals surface area contributed by atoms with Gasteiger partial charge in [-0.3, -0.25) is 0 Å². The molecule has 0 bridgehead atoms. The van der Waals surface area contributed by atoms with Gasteiger partial charge in [-0.05, 0) is 41.8 Å². The first-order valence-corrected chi connectivity index (χ1v) is 6.34. The summed E-state index contributed by atoms with van der Waals surface area (Å²) in [7, 11) is 0. The fourth-order valence-corrected chi connectivity index (χ4v) is 2.44. The smallest absolute Gasteiger partial charge is 0.128 e. The highest BCUT2D eigenvalue weighted by molar-refractivity contribution is 6.30. The molecule has 0 spiro atoms. The van der Waals surface area contributed by atoms with Crippen LogP contribution in [0.15, 0.2) is 36.5 Å². The van der Waals surface area contributed by atoms with Crippen LogP contribution in [0.25, 0.3) is 0 Å². The van der Waals surface area contributed by atoms with E-state index in [0.717, 1.165) is 31.0 Å². The van der Waals surface area contributed by atoms with Crippen molar-refractivity contribution in [2.75, 3.05) is 17.2 Å². The van der Waals surface area contributed by atoms with Crippen molar-refractivity contribution < 1.29 is 0 Å². The van der Waals surface area contributed by atoms with Crippen molar-refractivity contribution in [3.05, 3.63) is 52.7 Å². The number of hydrogen-bond acceptors (Lipinski definition) is 3. The Kier molecular flexibility index (Phi) is 2.84. The third-order valence-corrected chi connectivity index (χ3v) is 3.50. The van der Waals surface area contributed by atoms with Crippen LogP contribution in [0.2, 0.25) is 5.02 Å². The lowest BCUT2D eigenvalue weighted by molar-refractivity contribution is 0.721. The molecule has 2 aromatic rings. The van der Waals surface area contributed by atoms with Crippen molar-refractivity contribution in [1.29, 1.82) is 0 Å². The Bertz CT molecular complexity index is 566. The summed E-state index contributed by atoms with van der Waals surface area (Å²) in [6.07, 6.45) is 2.71. The average molecular weight is 260 g/mol. The number of nitrogens with two attached hydrogens (primary N) is 1. The molecule has 0 fully saturated rings.